The third-order valence-corrected chi connectivity index (χ3v) is 6.93. The number of aromatic nitrogens is 2. The van der Waals surface area contributed by atoms with Gasteiger partial charge in [0.05, 0.1) is 15.7 Å². The van der Waals surface area contributed by atoms with E-state index in [0.29, 0.717) is 17.8 Å². The van der Waals surface area contributed by atoms with Gasteiger partial charge in [0.25, 0.3) is 5.91 Å². The van der Waals surface area contributed by atoms with Crippen LogP contribution in [0.4, 0.5) is 15.9 Å². The fraction of sp³-hybridized carbons (Fsp3) is 0.520. The van der Waals surface area contributed by atoms with Gasteiger partial charge in [0.2, 0.25) is 0 Å². The number of halogens is 2. The molecule has 0 radical (unpaired) electrons. The number of rotatable bonds is 3. The maximum absolute atomic E-state index is 12.7. The number of nitrogens with one attached hydrogen (secondary N) is 2. The number of thiophene rings is 1. The van der Waals surface area contributed by atoms with Crippen LogP contribution in [0, 0.1) is 0 Å². The summed E-state index contributed by atoms with van der Waals surface area (Å²) < 4.78 is 14.3. The molecule has 3 aliphatic rings. The summed E-state index contributed by atoms with van der Waals surface area (Å²) in [6, 6.07) is 8.88. The molecular formula is C25H37BrFN5O2S. The summed E-state index contributed by atoms with van der Waals surface area (Å²) in [5.41, 5.74) is 1.24. The van der Waals surface area contributed by atoms with E-state index in [4.69, 9.17) is 10.2 Å². The smallest absolute Gasteiger partial charge is 0.274 e. The van der Waals surface area contributed by atoms with Crippen LogP contribution in [0.1, 0.15) is 57.9 Å². The second kappa shape index (κ2) is 13.3. The molecule has 35 heavy (non-hydrogen) atoms. The molecule has 3 aromatic rings. The van der Waals surface area contributed by atoms with E-state index in [9.17, 15) is 9.18 Å². The average Bonchev–Trinajstić information content (AvgIpc) is 3.47. The molecule has 3 saturated heterocycles. The minimum atomic E-state index is -1.00. The van der Waals surface area contributed by atoms with Crippen molar-refractivity contribution in [3.63, 3.8) is 0 Å². The number of hydrogen-bond acceptors (Lipinski definition) is 6. The number of amides is 1. The number of carbonyl (C=O) groups is 1. The SMILES string of the molecule is CC.CC(C)(C)F.CO.O=C(Nc1cscc1Br)c1ccc2ccc(N3CC4CCC3CN4)nn12. The molecule has 3 aromatic heterocycles. The summed E-state index contributed by atoms with van der Waals surface area (Å²) in [5, 5.41) is 22.2. The number of alkyl halides is 1. The highest BCUT2D eigenvalue weighted by atomic mass is 79.9. The first kappa shape index (κ1) is 29.2. The fourth-order valence-corrected chi connectivity index (χ4v) is 5.17. The Hall–Kier alpha value is -2.01. The van der Waals surface area contributed by atoms with Gasteiger partial charge in [-0.15, -0.1) is 16.4 Å². The van der Waals surface area contributed by atoms with E-state index < -0.39 is 5.67 Å². The van der Waals surface area contributed by atoms with Crippen molar-refractivity contribution in [2.24, 2.45) is 0 Å². The number of anilines is 2. The molecule has 2 unspecified atom stereocenters. The maximum atomic E-state index is 12.7. The molecule has 0 aromatic carbocycles. The van der Waals surface area contributed by atoms with E-state index in [1.54, 1.807) is 15.9 Å². The standard InChI is InChI=1S/C18H18BrN5OS.C4H9F.C2H6.CH4O/c19-14-9-26-10-15(14)21-18(25)16-5-3-12-4-6-17(22-24(12)16)23-8-11-1-2-13(23)7-20-11;1-4(2,3)5;2*1-2/h3-6,9-11,13,20H,1-2,7-8H2,(H,21,25);1-3H3;1-2H3;2H,1H3. The van der Waals surface area contributed by atoms with Gasteiger partial charge in [0.15, 0.2) is 0 Å². The Morgan fingerprint density at radius 1 is 1.20 bits per heavy atom. The van der Waals surface area contributed by atoms with Gasteiger partial charge >= 0.3 is 0 Å². The molecule has 6 rings (SSSR count). The largest absolute Gasteiger partial charge is 0.400 e. The van der Waals surface area contributed by atoms with Crippen molar-refractivity contribution in [2.75, 3.05) is 30.4 Å². The van der Waals surface area contributed by atoms with Gasteiger partial charge in [0, 0.05) is 43.0 Å². The molecule has 0 aliphatic carbocycles. The first-order chi connectivity index (χ1) is 16.7. The second-order valence-electron chi connectivity index (χ2n) is 8.89. The highest BCUT2D eigenvalue weighted by molar-refractivity contribution is 9.10. The van der Waals surface area contributed by atoms with Crippen molar-refractivity contribution in [1.82, 2.24) is 14.9 Å². The Bertz CT molecular complexity index is 1070. The molecule has 194 valence electrons. The average molecular weight is 571 g/mol. The van der Waals surface area contributed by atoms with Crippen molar-refractivity contribution >= 4 is 50.2 Å². The van der Waals surface area contributed by atoms with Gasteiger partial charge in [-0.05, 0) is 73.8 Å². The number of aliphatic hydroxyl groups is 1. The summed E-state index contributed by atoms with van der Waals surface area (Å²) in [6.07, 6.45) is 2.43. The van der Waals surface area contributed by atoms with Gasteiger partial charge in [0.1, 0.15) is 17.2 Å². The molecule has 6 heterocycles. The molecule has 7 nitrogen and oxygen atoms in total. The van der Waals surface area contributed by atoms with Gasteiger partial charge < -0.3 is 20.6 Å². The Morgan fingerprint density at radius 3 is 2.37 bits per heavy atom. The lowest BCUT2D eigenvalue weighted by molar-refractivity contribution is 0.102. The molecule has 2 atom stereocenters. The molecular weight excluding hydrogens is 533 g/mol. The first-order valence-electron chi connectivity index (χ1n) is 11.8. The van der Waals surface area contributed by atoms with Gasteiger partial charge in [-0.3, -0.25) is 4.79 Å². The molecule has 3 fully saturated rings. The number of aliphatic hydroxyl groups excluding tert-OH is 1. The minimum Gasteiger partial charge on any atom is -0.400 e. The predicted molar refractivity (Wildman–Crippen MR) is 148 cm³/mol. The lowest BCUT2D eigenvalue weighted by Crippen LogP contribution is -2.61. The van der Waals surface area contributed by atoms with Crippen LogP contribution >= 0.6 is 27.3 Å². The van der Waals surface area contributed by atoms with Crippen molar-refractivity contribution in [1.29, 1.82) is 0 Å². The van der Waals surface area contributed by atoms with Crippen molar-refractivity contribution in [3.05, 3.63) is 45.2 Å². The zero-order valence-electron chi connectivity index (χ0n) is 21.3. The van der Waals surface area contributed by atoms with E-state index in [1.807, 2.05) is 42.8 Å². The second-order valence-corrected chi connectivity index (χ2v) is 10.5. The molecule has 0 saturated carbocycles. The fourth-order valence-electron chi connectivity index (χ4n) is 3.85. The van der Waals surface area contributed by atoms with Crippen molar-refractivity contribution in [3.8, 4) is 0 Å². The van der Waals surface area contributed by atoms with Crippen LogP contribution in [0.2, 0.25) is 0 Å². The van der Waals surface area contributed by atoms with E-state index in [1.165, 1.54) is 33.6 Å². The van der Waals surface area contributed by atoms with Crippen molar-refractivity contribution in [2.45, 2.75) is 65.2 Å². The van der Waals surface area contributed by atoms with Crippen LogP contribution in [-0.4, -0.2) is 58.6 Å². The Morgan fingerprint density at radius 2 is 1.86 bits per heavy atom. The van der Waals surface area contributed by atoms with Crippen LogP contribution in [-0.2, 0) is 0 Å². The topological polar surface area (TPSA) is 81.9 Å². The minimum absolute atomic E-state index is 0.157. The number of carbonyl (C=O) groups excluding carboxylic acids is 1. The van der Waals surface area contributed by atoms with Crippen LogP contribution in [0.3, 0.4) is 0 Å². The number of piperazine rings is 1. The highest BCUT2D eigenvalue weighted by Crippen LogP contribution is 2.29. The Balaban J connectivity index is 0.000000423. The van der Waals surface area contributed by atoms with Crippen LogP contribution < -0.4 is 15.5 Å². The van der Waals surface area contributed by atoms with Gasteiger partial charge in [-0.1, -0.05) is 13.8 Å². The van der Waals surface area contributed by atoms with Crippen LogP contribution in [0.25, 0.3) is 5.52 Å². The van der Waals surface area contributed by atoms with Crippen LogP contribution in [0.5, 0.6) is 0 Å². The van der Waals surface area contributed by atoms with Gasteiger partial charge in [-0.25, -0.2) is 8.91 Å². The molecule has 10 heteroatoms. The van der Waals surface area contributed by atoms with E-state index in [-0.39, 0.29) is 5.91 Å². The molecule has 3 aliphatic heterocycles. The Labute approximate surface area is 219 Å². The number of fused-ring (bicyclic) bond motifs is 4. The zero-order valence-corrected chi connectivity index (χ0v) is 23.7. The summed E-state index contributed by atoms with van der Waals surface area (Å²) in [6.45, 7) is 10.6. The number of nitrogens with zero attached hydrogens (tertiary/aromatic N) is 3. The third kappa shape index (κ3) is 7.99. The monoisotopic (exact) mass is 569 g/mol. The number of hydrogen-bond donors (Lipinski definition) is 3. The Kier molecular flexibility index (Phi) is 11.1. The summed E-state index contributed by atoms with van der Waals surface area (Å²) in [4.78, 5) is 15.1. The highest BCUT2D eigenvalue weighted by Gasteiger charge is 2.34. The first-order valence-corrected chi connectivity index (χ1v) is 13.6. The van der Waals surface area contributed by atoms with E-state index in [0.717, 1.165) is 41.7 Å². The quantitative estimate of drug-likeness (QED) is 0.374. The van der Waals surface area contributed by atoms with Crippen LogP contribution in [0.15, 0.2) is 39.5 Å². The molecule has 1 amide bonds. The lowest BCUT2D eigenvalue weighted by Gasteiger charge is -2.46. The summed E-state index contributed by atoms with van der Waals surface area (Å²) in [7, 11) is 1.00. The normalized spacial score (nSPS) is 18.5. The summed E-state index contributed by atoms with van der Waals surface area (Å²) >= 11 is 4.99. The number of piperidine rings is 2. The third-order valence-electron chi connectivity index (χ3n) is 5.23. The molecule has 0 spiro atoms. The predicted octanol–water partition coefficient (Wildman–Crippen LogP) is 5.74. The molecule has 3 N–H and O–H groups in total. The maximum Gasteiger partial charge on any atom is 0.274 e. The lowest BCUT2D eigenvalue weighted by atomic mass is 9.93. The molecule has 2 bridgehead atoms. The van der Waals surface area contributed by atoms with Crippen molar-refractivity contribution < 1.29 is 14.3 Å². The van der Waals surface area contributed by atoms with E-state index >= 15 is 0 Å². The summed E-state index contributed by atoms with van der Waals surface area (Å²) in [5.74, 6) is 0.784. The van der Waals surface area contributed by atoms with E-state index in [2.05, 4.69) is 37.5 Å². The van der Waals surface area contributed by atoms with Gasteiger partial charge in [-0.2, -0.15) is 0 Å². The zero-order chi connectivity index (χ0) is 26.2.